The first-order valence-corrected chi connectivity index (χ1v) is 24.7. The van der Waals surface area contributed by atoms with Crippen molar-refractivity contribution in [1.82, 2.24) is 5.32 Å². The maximum atomic E-state index is 12.1. The van der Waals surface area contributed by atoms with Gasteiger partial charge < -0.3 is 20.1 Å². The number of unbranched alkanes of at least 4 members (excludes halogenated alkanes) is 29. The molecule has 0 rings (SSSR count). The number of phosphoric acid groups is 1. The summed E-state index contributed by atoms with van der Waals surface area (Å²) in [5.74, 6) is -0.510. The quantitative estimate of drug-likeness (QED) is 0.0240. The molecule has 0 aromatic rings. The van der Waals surface area contributed by atoms with Crippen LogP contribution in [0.15, 0.2) is 12.2 Å². The lowest BCUT2D eigenvalue weighted by Gasteiger charge is -2.15. The molecule has 55 heavy (non-hydrogen) atoms. The fourth-order valence-electron chi connectivity index (χ4n) is 6.67. The summed E-state index contributed by atoms with van der Waals surface area (Å²) in [7, 11) is -4.41. The number of nitrogens with one attached hydrogen (secondary N) is 1. The number of carbonyl (C=O) groups is 2. The number of aliphatic hydroxyl groups is 1. The standard InChI is InChI=1S/C45H88NO8P/c1-3-5-7-9-11-13-15-17-19-21-23-25-27-29-31-33-35-37-44(48)46-39-40-53-55(50,51)54-42-43(47)41-52-45(49)38-36-34-32-30-28-26-24-22-20-18-16-14-12-10-8-6-4-2/h17,19,43,47H,3-16,18,20-42H2,1-2H3,(H,46,48)(H,50,51)/b19-17-. The van der Waals surface area contributed by atoms with Gasteiger partial charge in [0.25, 0.3) is 0 Å². The molecule has 2 atom stereocenters. The number of carbonyl (C=O) groups excluding carboxylic acids is 2. The number of phosphoric ester groups is 1. The molecule has 0 radical (unpaired) electrons. The number of aliphatic hydroxyl groups excluding tert-OH is 1. The summed E-state index contributed by atoms with van der Waals surface area (Å²) in [5, 5.41) is 12.7. The van der Waals surface area contributed by atoms with E-state index in [1.54, 1.807) is 0 Å². The third-order valence-electron chi connectivity index (χ3n) is 10.2. The molecule has 0 bridgehead atoms. The van der Waals surface area contributed by atoms with Gasteiger partial charge in [0, 0.05) is 19.4 Å². The summed E-state index contributed by atoms with van der Waals surface area (Å²) in [5.41, 5.74) is 0. The molecule has 0 aromatic heterocycles. The SMILES string of the molecule is CCCCCCCC/C=C\CCCCCCCCCC(=O)NCCOP(=O)(O)OCC(O)COC(=O)CCCCCCCCCCCCCCCCCCC. The Morgan fingerprint density at radius 3 is 1.36 bits per heavy atom. The summed E-state index contributed by atoms with van der Waals surface area (Å²) < 4.78 is 26.9. The van der Waals surface area contributed by atoms with Crippen LogP contribution in [-0.4, -0.2) is 54.3 Å². The number of amides is 1. The maximum Gasteiger partial charge on any atom is 0.472 e. The third kappa shape index (κ3) is 43.7. The summed E-state index contributed by atoms with van der Waals surface area (Å²) in [6.45, 7) is 3.58. The van der Waals surface area contributed by atoms with Gasteiger partial charge in [-0.25, -0.2) is 4.57 Å². The predicted octanol–water partition coefficient (Wildman–Crippen LogP) is 13.0. The molecule has 0 fully saturated rings. The van der Waals surface area contributed by atoms with Gasteiger partial charge in [0.05, 0.1) is 13.2 Å². The first-order valence-electron chi connectivity index (χ1n) is 23.2. The van der Waals surface area contributed by atoms with E-state index in [0.717, 1.165) is 38.5 Å². The largest absolute Gasteiger partial charge is 0.472 e. The minimum atomic E-state index is -4.41. The second-order valence-electron chi connectivity index (χ2n) is 15.7. The topological polar surface area (TPSA) is 131 Å². The van der Waals surface area contributed by atoms with Crippen molar-refractivity contribution in [1.29, 1.82) is 0 Å². The van der Waals surface area contributed by atoms with Gasteiger partial charge in [0.2, 0.25) is 5.91 Å². The highest BCUT2D eigenvalue weighted by Gasteiger charge is 2.23. The second-order valence-corrected chi connectivity index (χ2v) is 17.2. The lowest BCUT2D eigenvalue weighted by Crippen LogP contribution is -2.27. The third-order valence-corrected chi connectivity index (χ3v) is 11.2. The van der Waals surface area contributed by atoms with Crippen LogP contribution in [0.2, 0.25) is 0 Å². The monoisotopic (exact) mass is 802 g/mol. The van der Waals surface area contributed by atoms with Crippen LogP contribution in [0.25, 0.3) is 0 Å². The Balaban J connectivity index is 3.56. The van der Waals surface area contributed by atoms with E-state index in [1.807, 2.05) is 0 Å². The molecule has 0 aliphatic rings. The zero-order chi connectivity index (χ0) is 40.3. The average Bonchev–Trinajstić information content (AvgIpc) is 3.17. The van der Waals surface area contributed by atoms with Crippen molar-refractivity contribution in [2.75, 3.05) is 26.4 Å². The van der Waals surface area contributed by atoms with E-state index >= 15 is 0 Å². The van der Waals surface area contributed by atoms with Crippen LogP contribution in [0.1, 0.15) is 232 Å². The summed E-state index contributed by atoms with van der Waals surface area (Å²) >= 11 is 0. The average molecular weight is 802 g/mol. The van der Waals surface area contributed by atoms with Crippen molar-refractivity contribution in [3.63, 3.8) is 0 Å². The van der Waals surface area contributed by atoms with Gasteiger partial charge in [-0.15, -0.1) is 0 Å². The molecule has 0 aliphatic carbocycles. The van der Waals surface area contributed by atoms with Gasteiger partial charge in [-0.3, -0.25) is 18.6 Å². The number of hydrogen-bond acceptors (Lipinski definition) is 7. The highest BCUT2D eigenvalue weighted by molar-refractivity contribution is 7.47. The molecule has 2 unspecified atom stereocenters. The number of allylic oxidation sites excluding steroid dienone is 2. The van der Waals surface area contributed by atoms with E-state index in [4.69, 9.17) is 13.8 Å². The Morgan fingerprint density at radius 2 is 0.927 bits per heavy atom. The van der Waals surface area contributed by atoms with Crippen molar-refractivity contribution in [2.45, 2.75) is 238 Å². The molecule has 0 aromatic carbocycles. The lowest BCUT2D eigenvalue weighted by atomic mass is 10.0. The molecule has 0 saturated carbocycles. The van der Waals surface area contributed by atoms with Gasteiger partial charge in [-0.1, -0.05) is 193 Å². The van der Waals surface area contributed by atoms with Gasteiger partial charge in [0.1, 0.15) is 12.7 Å². The van der Waals surface area contributed by atoms with E-state index < -0.39 is 26.5 Å². The molecule has 0 saturated heterocycles. The van der Waals surface area contributed by atoms with E-state index in [2.05, 4.69) is 31.3 Å². The van der Waals surface area contributed by atoms with E-state index in [0.29, 0.717) is 6.42 Å². The Labute approximate surface area is 338 Å². The molecular formula is C45H88NO8P. The van der Waals surface area contributed by atoms with Gasteiger partial charge in [-0.2, -0.15) is 0 Å². The van der Waals surface area contributed by atoms with E-state index in [1.165, 1.54) is 167 Å². The predicted molar refractivity (Wildman–Crippen MR) is 229 cm³/mol. The van der Waals surface area contributed by atoms with E-state index in [9.17, 15) is 24.2 Å². The first kappa shape index (κ1) is 53.8. The molecule has 10 heteroatoms. The molecule has 0 aliphatic heterocycles. The molecule has 9 nitrogen and oxygen atoms in total. The lowest BCUT2D eigenvalue weighted by molar-refractivity contribution is -0.147. The van der Waals surface area contributed by atoms with Crippen LogP contribution in [0.4, 0.5) is 0 Å². The van der Waals surface area contributed by atoms with Crippen LogP contribution < -0.4 is 5.32 Å². The smallest absolute Gasteiger partial charge is 0.463 e. The summed E-state index contributed by atoms with van der Waals surface area (Å²) in [6, 6.07) is 0. The summed E-state index contributed by atoms with van der Waals surface area (Å²) in [4.78, 5) is 33.9. The van der Waals surface area contributed by atoms with Crippen molar-refractivity contribution in [3.05, 3.63) is 12.2 Å². The molecule has 1 amide bonds. The van der Waals surface area contributed by atoms with Crippen LogP contribution in [0.5, 0.6) is 0 Å². The number of rotatable bonds is 44. The fraction of sp³-hybridized carbons (Fsp3) is 0.911. The minimum Gasteiger partial charge on any atom is -0.463 e. The van der Waals surface area contributed by atoms with Crippen LogP contribution in [0.3, 0.4) is 0 Å². The normalized spacial score (nSPS) is 13.3. The molecule has 0 spiro atoms. The van der Waals surface area contributed by atoms with Gasteiger partial charge in [-0.05, 0) is 38.5 Å². The highest BCUT2D eigenvalue weighted by Crippen LogP contribution is 2.42. The number of esters is 1. The molecule has 3 N–H and O–H groups in total. The Bertz CT molecular complexity index is 917. The Kier molecular flexibility index (Phi) is 41.4. The van der Waals surface area contributed by atoms with E-state index in [-0.39, 0.29) is 32.1 Å². The van der Waals surface area contributed by atoms with Crippen LogP contribution in [-0.2, 0) is 27.9 Å². The first-order chi connectivity index (χ1) is 26.8. The minimum absolute atomic E-state index is 0.0831. The van der Waals surface area contributed by atoms with Gasteiger partial charge in [0.15, 0.2) is 0 Å². The van der Waals surface area contributed by atoms with Crippen LogP contribution in [0, 0.1) is 0 Å². The van der Waals surface area contributed by atoms with Crippen molar-refractivity contribution >= 4 is 19.7 Å². The van der Waals surface area contributed by atoms with Gasteiger partial charge >= 0.3 is 13.8 Å². The number of ether oxygens (including phenoxy) is 1. The Morgan fingerprint density at radius 1 is 0.545 bits per heavy atom. The zero-order valence-electron chi connectivity index (χ0n) is 35.9. The molecule has 326 valence electrons. The molecule has 0 heterocycles. The van der Waals surface area contributed by atoms with Crippen molar-refractivity contribution in [3.8, 4) is 0 Å². The summed E-state index contributed by atoms with van der Waals surface area (Å²) in [6.07, 6.45) is 44.2. The molecular weight excluding hydrogens is 713 g/mol. The maximum absolute atomic E-state index is 12.1. The second kappa shape index (κ2) is 42.4. The van der Waals surface area contributed by atoms with Crippen molar-refractivity contribution in [2.24, 2.45) is 0 Å². The van der Waals surface area contributed by atoms with Crippen LogP contribution >= 0.6 is 7.82 Å². The zero-order valence-corrected chi connectivity index (χ0v) is 36.8. The van der Waals surface area contributed by atoms with Crippen molar-refractivity contribution < 1.29 is 37.9 Å². The highest BCUT2D eigenvalue weighted by atomic mass is 31.2. The Hall–Kier alpha value is -1.25. The fourth-order valence-corrected chi connectivity index (χ4v) is 7.43. The number of hydrogen-bond donors (Lipinski definition) is 3.